The number of hydrogen-bond donors (Lipinski definition) is 3. The fourth-order valence-corrected chi connectivity index (χ4v) is 3.81. The van der Waals surface area contributed by atoms with Gasteiger partial charge in [0.1, 0.15) is 6.23 Å². The number of hydrogen-bond acceptors (Lipinski definition) is 5. The van der Waals surface area contributed by atoms with Crippen LogP contribution in [0, 0.1) is 5.92 Å². The van der Waals surface area contributed by atoms with Crippen molar-refractivity contribution in [3.63, 3.8) is 0 Å². The maximum Gasteiger partial charge on any atom is 0.155 e. The van der Waals surface area contributed by atoms with Gasteiger partial charge in [-0.1, -0.05) is 0 Å². The Morgan fingerprint density at radius 2 is 1.94 bits per heavy atom. The molecule has 0 aromatic heterocycles. The van der Waals surface area contributed by atoms with Crippen molar-refractivity contribution in [3.8, 4) is 0 Å². The Balaban J connectivity index is 1.74. The first kappa shape index (κ1) is 12.6. The third-order valence-electron chi connectivity index (χ3n) is 3.66. The molecule has 0 amide bonds. The first-order valence-corrected chi connectivity index (χ1v) is 6.93. The summed E-state index contributed by atoms with van der Waals surface area (Å²) in [5, 5.41) is 21.9. The Hall–Kier alpha value is 0.190. The molecular weight excluding hydrogens is 226 g/mol. The number of thioether (sulfide) groups is 1. The number of nitrogens with one attached hydrogen (secondary N) is 1. The minimum absolute atomic E-state index is 0.138. The molecule has 0 bridgehead atoms. The summed E-state index contributed by atoms with van der Waals surface area (Å²) in [7, 11) is 1.78. The van der Waals surface area contributed by atoms with Crippen LogP contribution in [0.25, 0.3) is 0 Å². The summed E-state index contributed by atoms with van der Waals surface area (Å²) in [4.78, 5) is 0. The lowest BCUT2D eigenvalue weighted by Gasteiger charge is -2.29. The molecule has 1 heterocycles. The maximum absolute atomic E-state index is 9.67. The van der Waals surface area contributed by atoms with E-state index in [0.29, 0.717) is 12.0 Å². The van der Waals surface area contributed by atoms with Crippen molar-refractivity contribution in [2.45, 2.75) is 55.2 Å². The molecule has 4 nitrogen and oxygen atoms in total. The lowest BCUT2D eigenvalue weighted by molar-refractivity contribution is 0.0506. The first-order valence-electron chi connectivity index (χ1n) is 5.99. The zero-order chi connectivity index (χ0) is 11.5. The second kappa shape index (κ2) is 5.69. The van der Waals surface area contributed by atoms with Gasteiger partial charge in [-0.05, 0) is 38.0 Å². The summed E-state index contributed by atoms with van der Waals surface area (Å²) >= 11 is 1.44. The highest BCUT2D eigenvalue weighted by Gasteiger charge is 2.34. The average molecular weight is 247 g/mol. The van der Waals surface area contributed by atoms with Gasteiger partial charge >= 0.3 is 0 Å². The predicted molar refractivity (Wildman–Crippen MR) is 63.9 cm³/mol. The smallest absolute Gasteiger partial charge is 0.155 e. The summed E-state index contributed by atoms with van der Waals surface area (Å²) in [5.74, 6) is 0.672. The summed E-state index contributed by atoms with van der Waals surface area (Å²) in [5.41, 5.74) is -0.602. The van der Waals surface area contributed by atoms with Crippen LogP contribution in [0.5, 0.6) is 0 Å². The van der Waals surface area contributed by atoms with Gasteiger partial charge in [0.05, 0.1) is 6.10 Å². The molecule has 0 aromatic carbocycles. The van der Waals surface area contributed by atoms with Crippen molar-refractivity contribution in [3.05, 3.63) is 0 Å². The molecule has 3 atom stereocenters. The van der Waals surface area contributed by atoms with E-state index in [1.165, 1.54) is 24.6 Å². The minimum atomic E-state index is -0.602. The van der Waals surface area contributed by atoms with Gasteiger partial charge in [-0.3, -0.25) is 5.32 Å². The van der Waals surface area contributed by atoms with Gasteiger partial charge in [-0.15, -0.1) is 11.8 Å². The molecule has 94 valence electrons. The van der Waals surface area contributed by atoms with Crippen LogP contribution in [0.4, 0.5) is 0 Å². The van der Waals surface area contributed by atoms with Crippen LogP contribution in [-0.2, 0) is 4.74 Å². The molecule has 1 aliphatic carbocycles. The Bertz CT molecular complexity index is 221. The summed E-state index contributed by atoms with van der Waals surface area (Å²) < 4.78 is 5.34. The van der Waals surface area contributed by atoms with Crippen molar-refractivity contribution in [2.24, 2.45) is 5.92 Å². The van der Waals surface area contributed by atoms with Gasteiger partial charge < -0.3 is 14.9 Å². The van der Waals surface area contributed by atoms with E-state index in [0.717, 1.165) is 19.3 Å². The SMILES string of the molecule is COC1CCC(CC2SC(O)NC2O)CC1. The van der Waals surface area contributed by atoms with E-state index in [1.54, 1.807) is 7.11 Å². The molecule has 1 aliphatic heterocycles. The normalized spacial score (nSPS) is 44.8. The van der Waals surface area contributed by atoms with E-state index in [2.05, 4.69) is 5.32 Å². The molecule has 1 saturated heterocycles. The van der Waals surface area contributed by atoms with Gasteiger partial charge in [0.25, 0.3) is 0 Å². The van der Waals surface area contributed by atoms with Crippen LogP contribution >= 0.6 is 11.8 Å². The van der Waals surface area contributed by atoms with Gasteiger partial charge in [-0.2, -0.15) is 0 Å². The predicted octanol–water partition coefficient (Wildman–Crippen LogP) is 0.881. The zero-order valence-corrected chi connectivity index (χ0v) is 10.4. The monoisotopic (exact) mass is 247 g/mol. The highest BCUT2D eigenvalue weighted by molar-refractivity contribution is 8.00. The van der Waals surface area contributed by atoms with Crippen LogP contribution in [0.3, 0.4) is 0 Å². The summed E-state index contributed by atoms with van der Waals surface area (Å²) in [6.45, 7) is 0. The Morgan fingerprint density at radius 3 is 2.44 bits per heavy atom. The van der Waals surface area contributed by atoms with Crippen molar-refractivity contribution >= 4 is 11.8 Å². The second-order valence-electron chi connectivity index (χ2n) is 4.75. The number of aliphatic hydroxyl groups is 2. The van der Waals surface area contributed by atoms with Gasteiger partial charge in [0.2, 0.25) is 0 Å². The summed E-state index contributed by atoms with van der Waals surface area (Å²) in [6, 6.07) is 0. The largest absolute Gasteiger partial charge is 0.381 e. The third kappa shape index (κ3) is 3.11. The van der Waals surface area contributed by atoms with Crippen molar-refractivity contribution in [1.82, 2.24) is 5.32 Å². The topological polar surface area (TPSA) is 61.7 Å². The molecule has 0 spiro atoms. The number of ether oxygens (including phenoxy) is 1. The van der Waals surface area contributed by atoms with Crippen molar-refractivity contribution < 1.29 is 14.9 Å². The fourth-order valence-electron chi connectivity index (χ4n) is 2.65. The molecule has 2 rings (SSSR count). The maximum atomic E-state index is 9.67. The van der Waals surface area contributed by atoms with Crippen LogP contribution in [0.1, 0.15) is 32.1 Å². The van der Waals surface area contributed by atoms with E-state index in [9.17, 15) is 10.2 Å². The van der Waals surface area contributed by atoms with Gasteiger partial charge in [0, 0.05) is 12.4 Å². The number of aliphatic hydroxyl groups excluding tert-OH is 2. The Labute approximate surface area is 101 Å². The van der Waals surface area contributed by atoms with Crippen LogP contribution in [0.2, 0.25) is 0 Å². The highest BCUT2D eigenvalue weighted by Crippen LogP contribution is 2.35. The van der Waals surface area contributed by atoms with Crippen molar-refractivity contribution in [1.29, 1.82) is 0 Å². The second-order valence-corrected chi connectivity index (χ2v) is 6.08. The molecule has 1 saturated carbocycles. The van der Waals surface area contributed by atoms with E-state index in [1.807, 2.05) is 0 Å². The molecule has 2 fully saturated rings. The van der Waals surface area contributed by atoms with Crippen LogP contribution < -0.4 is 5.32 Å². The van der Waals surface area contributed by atoms with E-state index < -0.39 is 11.8 Å². The number of rotatable bonds is 3. The van der Waals surface area contributed by atoms with Gasteiger partial charge in [-0.25, -0.2) is 0 Å². The first-order chi connectivity index (χ1) is 7.69. The standard InChI is InChI=1S/C11H21NO3S/c1-15-8-4-2-7(3-5-8)6-9-10(13)12-11(14)16-9/h7-14H,2-6H2,1H3. The zero-order valence-electron chi connectivity index (χ0n) is 9.63. The quantitative estimate of drug-likeness (QED) is 0.691. The fraction of sp³-hybridized carbons (Fsp3) is 1.00. The van der Waals surface area contributed by atoms with Crippen LogP contribution in [-0.4, -0.2) is 40.5 Å². The molecule has 3 unspecified atom stereocenters. The molecule has 2 aliphatic rings. The van der Waals surface area contributed by atoms with E-state index >= 15 is 0 Å². The minimum Gasteiger partial charge on any atom is -0.381 e. The molecule has 5 heteroatoms. The van der Waals surface area contributed by atoms with E-state index in [-0.39, 0.29) is 5.25 Å². The van der Waals surface area contributed by atoms with Crippen LogP contribution in [0.15, 0.2) is 0 Å². The van der Waals surface area contributed by atoms with Crippen molar-refractivity contribution in [2.75, 3.05) is 7.11 Å². The lowest BCUT2D eigenvalue weighted by atomic mass is 9.84. The molecule has 0 radical (unpaired) electrons. The lowest BCUT2D eigenvalue weighted by Crippen LogP contribution is -2.34. The van der Waals surface area contributed by atoms with Gasteiger partial charge in [0.15, 0.2) is 5.56 Å². The molecule has 3 N–H and O–H groups in total. The molecule has 16 heavy (non-hydrogen) atoms. The van der Waals surface area contributed by atoms with E-state index in [4.69, 9.17) is 4.74 Å². The Morgan fingerprint density at radius 1 is 1.25 bits per heavy atom. The Kier molecular flexibility index (Phi) is 4.49. The molecular formula is C11H21NO3S. The molecule has 0 aromatic rings. The number of methoxy groups -OCH3 is 1. The average Bonchev–Trinajstić information content (AvgIpc) is 2.59. The highest BCUT2D eigenvalue weighted by atomic mass is 32.2. The summed E-state index contributed by atoms with van der Waals surface area (Å²) in [6.07, 6.45) is 5.49. The third-order valence-corrected chi connectivity index (χ3v) is 4.86.